The summed E-state index contributed by atoms with van der Waals surface area (Å²) in [6, 6.07) is 3.79. The molecule has 1 aromatic carbocycles. The van der Waals surface area contributed by atoms with Crippen molar-refractivity contribution in [1.82, 2.24) is 0 Å². The molecule has 0 aliphatic heterocycles. The van der Waals surface area contributed by atoms with Crippen molar-refractivity contribution in [3.8, 4) is 11.5 Å². The van der Waals surface area contributed by atoms with Gasteiger partial charge in [-0.15, -0.1) is 0 Å². The van der Waals surface area contributed by atoms with Crippen LogP contribution in [0.25, 0.3) is 0 Å². The van der Waals surface area contributed by atoms with Gasteiger partial charge in [-0.25, -0.2) is 0 Å². The van der Waals surface area contributed by atoms with Crippen LogP contribution in [0.3, 0.4) is 0 Å². The van der Waals surface area contributed by atoms with Crippen molar-refractivity contribution < 1.29 is 19.4 Å². The molecule has 1 aliphatic rings. The van der Waals surface area contributed by atoms with Crippen LogP contribution in [0.5, 0.6) is 11.5 Å². The Morgan fingerprint density at radius 2 is 2.10 bits per heavy atom. The van der Waals surface area contributed by atoms with E-state index in [0.717, 1.165) is 22.9 Å². The lowest BCUT2D eigenvalue weighted by Gasteiger charge is -2.25. The molecule has 2 rings (SSSR count). The van der Waals surface area contributed by atoms with Crippen LogP contribution in [0, 0.1) is 0 Å². The number of benzene rings is 1. The highest BCUT2D eigenvalue weighted by Gasteiger charge is 2.29. The number of carboxylic acids is 1. The first-order chi connectivity index (χ1) is 9.33. The van der Waals surface area contributed by atoms with Crippen LogP contribution in [-0.2, 0) is 10.2 Å². The molecule has 0 radical (unpaired) electrons. The summed E-state index contributed by atoms with van der Waals surface area (Å²) in [5.74, 6) is 0.521. The summed E-state index contributed by atoms with van der Waals surface area (Å²) < 4.78 is 12.0. The Kier molecular flexibility index (Phi) is 4.28. The molecule has 0 atom stereocenters. The van der Waals surface area contributed by atoms with Crippen LogP contribution in [0.4, 0.5) is 0 Å². The molecule has 5 heteroatoms. The Balaban J connectivity index is 2.35. The fraction of sp³-hybridized carbons (Fsp3) is 0.533. The number of halogens is 1. The van der Waals surface area contributed by atoms with E-state index in [2.05, 4.69) is 15.9 Å². The zero-order valence-electron chi connectivity index (χ0n) is 11.9. The topological polar surface area (TPSA) is 55.8 Å². The summed E-state index contributed by atoms with van der Waals surface area (Å²) in [6.07, 6.45) is 2.48. The highest BCUT2D eigenvalue weighted by atomic mass is 79.9. The van der Waals surface area contributed by atoms with Gasteiger partial charge in [-0.3, -0.25) is 4.79 Å². The summed E-state index contributed by atoms with van der Waals surface area (Å²) in [6.45, 7) is 3.81. The number of hydrogen-bond donors (Lipinski definition) is 1. The predicted molar refractivity (Wildman–Crippen MR) is 79.6 cm³/mol. The van der Waals surface area contributed by atoms with Crippen molar-refractivity contribution in [1.29, 1.82) is 0 Å². The maximum absolute atomic E-state index is 11.0. The molecule has 0 unspecified atom stereocenters. The fourth-order valence-electron chi connectivity index (χ4n) is 2.06. The van der Waals surface area contributed by atoms with Gasteiger partial charge < -0.3 is 14.6 Å². The fourth-order valence-corrected chi connectivity index (χ4v) is 2.59. The molecule has 0 bridgehead atoms. The first kappa shape index (κ1) is 15.2. The van der Waals surface area contributed by atoms with E-state index < -0.39 is 11.4 Å². The summed E-state index contributed by atoms with van der Waals surface area (Å²) >= 11 is 3.50. The van der Waals surface area contributed by atoms with Gasteiger partial charge >= 0.3 is 5.97 Å². The number of hydrogen-bond acceptors (Lipinski definition) is 3. The second-order valence-corrected chi connectivity index (χ2v) is 6.62. The third kappa shape index (κ3) is 3.45. The molecule has 0 spiro atoms. The lowest BCUT2D eigenvalue weighted by molar-refractivity contribution is -0.138. The molecular formula is C15H19BrO4. The molecule has 4 nitrogen and oxygen atoms in total. The zero-order valence-corrected chi connectivity index (χ0v) is 13.5. The van der Waals surface area contributed by atoms with Gasteiger partial charge in [-0.05, 0) is 46.5 Å². The van der Waals surface area contributed by atoms with Crippen molar-refractivity contribution in [2.24, 2.45) is 0 Å². The van der Waals surface area contributed by atoms with E-state index in [1.54, 1.807) is 7.11 Å². The third-order valence-corrected chi connectivity index (χ3v) is 4.00. The van der Waals surface area contributed by atoms with Crippen molar-refractivity contribution in [2.75, 3.05) is 7.11 Å². The Morgan fingerprint density at radius 1 is 1.45 bits per heavy atom. The number of carbonyl (C=O) groups is 1. The van der Waals surface area contributed by atoms with Crippen molar-refractivity contribution >= 4 is 21.9 Å². The summed E-state index contributed by atoms with van der Waals surface area (Å²) in [5.41, 5.74) is 0.437. The SMILES string of the molecule is COc1cc(C(C)(C)CC(=O)O)cc(Br)c1OC1CC1. The smallest absolute Gasteiger partial charge is 0.304 e. The average molecular weight is 343 g/mol. The number of carboxylic acid groups (broad SMARTS) is 1. The summed E-state index contributed by atoms with van der Waals surface area (Å²) in [4.78, 5) is 11.0. The maximum atomic E-state index is 11.0. The quantitative estimate of drug-likeness (QED) is 0.855. The van der Waals surface area contributed by atoms with Crippen LogP contribution in [0.2, 0.25) is 0 Å². The molecule has 1 fully saturated rings. The van der Waals surface area contributed by atoms with Gasteiger partial charge in [-0.1, -0.05) is 13.8 Å². The minimum atomic E-state index is -0.816. The first-order valence-corrected chi connectivity index (χ1v) is 7.39. The van der Waals surface area contributed by atoms with E-state index in [1.165, 1.54) is 0 Å². The summed E-state index contributed by atoms with van der Waals surface area (Å²) in [5, 5.41) is 9.02. The molecule has 110 valence electrons. The van der Waals surface area contributed by atoms with Gasteiger partial charge in [0.05, 0.1) is 24.1 Å². The van der Waals surface area contributed by atoms with Crippen molar-refractivity contribution in [3.05, 3.63) is 22.2 Å². The largest absolute Gasteiger partial charge is 0.493 e. The van der Waals surface area contributed by atoms with Gasteiger partial charge in [0.1, 0.15) is 0 Å². The standard InChI is InChI=1S/C15H19BrO4/c1-15(2,8-13(17)18)9-6-11(16)14(12(7-9)19-3)20-10-4-5-10/h6-7,10H,4-5,8H2,1-3H3,(H,17,18). The van der Waals surface area contributed by atoms with Crippen molar-refractivity contribution in [3.63, 3.8) is 0 Å². The Morgan fingerprint density at radius 3 is 2.60 bits per heavy atom. The molecular weight excluding hydrogens is 324 g/mol. The lowest BCUT2D eigenvalue weighted by Crippen LogP contribution is -2.21. The molecule has 1 N–H and O–H groups in total. The highest BCUT2D eigenvalue weighted by Crippen LogP contribution is 2.43. The number of methoxy groups -OCH3 is 1. The second kappa shape index (κ2) is 5.64. The van der Waals surface area contributed by atoms with Crippen LogP contribution < -0.4 is 9.47 Å². The summed E-state index contributed by atoms with van der Waals surface area (Å²) in [7, 11) is 1.59. The Bertz CT molecular complexity index is 521. The number of rotatable bonds is 6. The maximum Gasteiger partial charge on any atom is 0.304 e. The molecule has 0 amide bonds. The van der Waals surface area contributed by atoms with E-state index >= 15 is 0 Å². The van der Waals surface area contributed by atoms with Gasteiger partial charge in [0, 0.05) is 5.41 Å². The Hall–Kier alpha value is -1.23. The molecule has 0 aromatic heterocycles. The third-order valence-electron chi connectivity index (χ3n) is 3.41. The van der Waals surface area contributed by atoms with Crippen molar-refractivity contribution in [2.45, 2.75) is 44.6 Å². The molecule has 1 aromatic rings. The minimum absolute atomic E-state index is 0.0609. The predicted octanol–water partition coefficient (Wildman–Crippen LogP) is 3.75. The van der Waals surface area contributed by atoms with Gasteiger partial charge in [-0.2, -0.15) is 0 Å². The van der Waals surface area contributed by atoms with Gasteiger partial charge in [0.25, 0.3) is 0 Å². The Labute approximate surface area is 127 Å². The van der Waals surface area contributed by atoms with E-state index in [4.69, 9.17) is 14.6 Å². The van der Waals surface area contributed by atoms with Crippen LogP contribution in [-0.4, -0.2) is 24.3 Å². The van der Waals surface area contributed by atoms with Gasteiger partial charge in [0.15, 0.2) is 11.5 Å². The molecule has 1 saturated carbocycles. The molecule has 1 aliphatic carbocycles. The number of ether oxygens (including phenoxy) is 2. The zero-order chi connectivity index (χ0) is 14.9. The monoisotopic (exact) mass is 342 g/mol. The minimum Gasteiger partial charge on any atom is -0.493 e. The first-order valence-electron chi connectivity index (χ1n) is 6.60. The highest BCUT2D eigenvalue weighted by molar-refractivity contribution is 9.10. The van der Waals surface area contributed by atoms with E-state index in [-0.39, 0.29) is 12.5 Å². The second-order valence-electron chi connectivity index (χ2n) is 5.76. The molecule has 0 heterocycles. The normalized spacial score (nSPS) is 15.0. The molecule has 0 saturated heterocycles. The van der Waals surface area contributed by atoms with E-state index in [0.29, 0.717) is 11.5 Å². The van der Waals surface area contributed by atoms with Gasteiger partial charge in [0.2, 0.25) is 0 Å². The average Bonchev–Trinajstić information content (AvgIpc) is 3.13. The number of aliphatic carboxylic acids is 1. The van der Waals surface area contributed by atoms with Crippen LogP contribution >= 0.6 is 15.9 Å². The lowest BCUT2D eigenvalue weighted by atomic mass is 9.81. The van der Waals surface area contributed by atoms with Crippen LogP contribution in [0.15, 0.2) is 16.6 Å². The molecule has 20 heavy (non-hydrogen) atoms. The van der Waals surface area contributed by atoms with E-state index in [9.17, 15) is 4.79 Å². The van der Waals surface area contributed by atoms with E-state index in [1.807, 2.05) is 26.0 Å². The van der Waals surface area contributed by atoms with Crippen LogP contribution in [0.1, 0.15) is 38.7 Å².